The molecule has 0 atom stereocenters. The zero-order valence-corrected chi connectivity index (χ0v) is 33.6. The van der Waals surface area contributed by atoms with Gasteiger partial charge in [0.05, 0.1) is 34.2 Å². The lowest BCUT2D eigenvalue weighted by Crippen LogP contribution is -2.12. The monoisotopic (exact) mass is 689 g/mol. The summed E-state index contributed by atoms with van der Waals surface area (Å²) in [6.45, 7) is 27.3. The number of aliphatic imine (C=N–C) groups is 2. The van der Waals surface area contributed by atoms with Crippen LogP contribution in [0.1, 0.15) is 174 Å². The first-order valence-electron chi connectivity index (χ1n) is 19.4. The molecule has 0 saturated heterocycles. The molecule has 0 aliphatic rings. The van der Waals surface area contributed by atoms with E-state index in [1.54, 1.807) is 0 Å². The second kappa shape index (κ2) is 16.8. The van der Waals surface area contributed by atoms with Gasteiger partial charge in [0.2, 0.25) is 0 Å². The van der Waals surface area contributed by atoms with Gasteiger partial charge in [0.1, 0.15) is 0 Å². The topological polar surface area (TPSA) is 37.6 Å². The van der Waals surface area contributed by atoms with Crippen molar-refractivity contribution in [2.24, 2.45) is 9.98 Å². The molecule has 0 N–H and O–H groups in total. The summed E-state index contributed by atoms with van der Waals surface area (Å²) in [7, 11) is 0. The molecule has 3 nitrogen and oxygen atoms in total. The zero-order valence-electron chi connectivity index (χ0n) is 33.6. The summed E-state index contributed by atoms with van der Waals surface area (Å²) in [6, 6.07) is 36.8. The fourth-order valence-electron chi connectivity index (χ4n) is 6.75. The predicted molar refractivity (Wildman–Crippen MR) is 225 cm³/mol. The van der Waals surface area contributed by atoms with E-state index in [9.17, 15) is 0 Å². The summed E-state index contributed by atoms with van der Waals surface area (Å²) in [4.78, 5) is 16.7. The molecule has 0 aliphatic heterocycles. The summed E-state index contributed by atoms with van der Waals surface area (Å²) in [5.74, 6) is 2.13. The van der Waals surface area contributed by atoms with Crippen molar-refractivity contribution in [1.82, 2.24) is 4.98 Å². The SMILES string of the molecule is CC(C)c1cc(C(C)C)c(N=C(c2ccccc2)c2cccc(C(=Nc3c(C(C)C)cc(C(C)C)cc3C(C)C)c3ccccc3)n2)c(C(C)C)c1. The first-order chi connectivity index (χ1) is 24.8. The van der Waals surface area contributed by atoms with Crippen molar-refractivity contribution in [2.75, 3.05) is 0 Å². The Morgan fingerprint density at radius 1 is 0.385 bits per heavy atom. The van der Waals surface area contributed by atoms with Crippen LogP contribution in [0, 0.1) is 0 Å². The van der Waals surface area contributed by atoms with Crippen molar-refractivity contribution in [3.05, 3.63) is 159 Å². The lowest BCUT2D eigenvalue weighted by molar-refractivity contribution is 0.805. The van der Waals surface area contributed by atoms with Gasteiger partial charge in [-0.15, -0.1) is 0 Å². The van der Waals surface area contributed by atoms with Crippen LogP contribution < -0.4 is 0 Å². The van der Waals surface area contributed by atoms with E-state index in [0.717, 1.165) is 45.3 Å². The van der Waals surface area contributed by atoms with Crippen LogP contribution in [-0.4, -0.2) is 16.4 Å². The van der Waals surface area contributed by atoms with Crippen molar-refractivity contribution < 1.29 is 0 Å². The third kappa shape index (κ3) is 8.69. The molecule has 5 aromatic rings. The Hall–Kier alpha value is -4.63. The molecule has 0 unspecified atom stereocenters. The van der Waals surface area contributed by atoms with Gasteiger partial charge in [0.15, 0.2) is 0 Å². The maximum Gasteiger partial charge on any atom is 0.0966 e. The Bertz CT molecular complexity index is 1820. The molecule has 52 heavy (non-hydrogen) atoms. The van der Waals surface area contributed by atoms with Crippen molar-refractivity contribution in [2.45, 2.75) is 119 Å². The number of nitrogens with zero attached hydrogens (tertiary/aromatic N) is 3. The van der Waals surface area contributed by atoms with Gasteiger partial charge in [0, 0.05) is 11.1 Å². The summed E-state index contributed by atoms with van der Waals surface area (Å²) in [5, 5.41) is 0. The van der Waals surface area contributed by atoms with E-state index in [1.165, 1.54) is 33.4 Å². The molecule has 1 heterocycles. The zero-order chi connectivity index (χ0) is 37.7. The van der Waals surface area contributed by atoms with Crippen LogP contribution in [0.2, 0.25) is 0 Å². The van der Waals surface area contributed by atoms with Crippen LogP contribution >= 0.6 is 0 Å². The highest BCUT2D eigenvalue weighted by Crippen LogP contribution is 2.40. The summed E-state index contributed by atoms with van der Waals surface area (Å²) < 4.78 is 0. The maximum absolute atomic E-state index is 5.61. The number of aromatic nitrogens is 1. The highest BCUT2D eigenvalue weighted by atomic mass is 14.9. The average Bonchev–Trinajstić information content (AvgIpc) is 3.12. The Labute approximate surface area is 314 Å². The molecule has 0 amide bonds. The Morgan fingerprint density at radius 2 is 0.692 bits per heavy atom. The third-order valence-corrected chi connectivity index (χ3v) is 9.98. The molecule has 3 heteroatoms. The molecular formula is C49H59N3. The maximum atomic E-state index is 5.61. The average molecular weight is 690 g/mol. The minimum absolute atomic E-state index is 0.315. The highest BCUT2D eigenvalue weighted by Gasteiger charge is 2.22. The second-order valence-corrected chi connectivity index (χ2v) is 16.1. The standard InChI is InChI=1S/C49H59N3/c1-30(2)38-26-40(32(5)6)48(41(27-38)33(7)8)51-46(36-20-15-13-16-21-36)44-24-19-25-45(50-44)47(37-22-17-14-18-23-37)52-49-42(34(9)10)28-39(31(3)4)29-43(49)35(11)12/h13-35H,1-12H3. The van der Waals surface area contributed by atoms with E-state index in [4.69, 9.17) is 15.0 Å². The van der Waals surface area contributed by atoms with E-state index >= 15 is 0 Å². The van der Waals surface area contributed by atoms with Crippen molar-refractivity contribution in [3.63, 3.8) is 0 Å². The van der Waals surface area contributed by atoms with E-state index < -0.39 is 0 Å². The predicted octanol–water partition coefficient (Wildman–Crippen LogP) is 14.2. The number of hydrogen-bond acceptors (Lipinski definition) is 3. The van der Waals surface area contributed by atoms with Gasteiger partial charge in [-0.25, -0.2) is 15.0 Å². The van der Waals surface area contributed by atoms with Crippen LogP contribution in [0.3, 0.4) is 0 Å². The fourth-order valence-corrected chi connectivity index (χ4v) is 6.75. The molecule has 4 aromatic carbocycles. The molecule has 0 bridgehead atoms. The molecule has 0 aliphatic carbocycles. The Kier molecular flexibility index (Phi) is 12.5. The van der Waals surface area contributed by atoms with Gasteiger partial charge in [-0.2, -0.15) is 0 Å². The van der Waals surface area contributed by atoms with Gasteiger partial charge < -0.3 is 0 Å². The van der Waals surface area contributed by atoms with Crippen molar-refractivity contribution in [1.29, 1.82) is 0 Å². The fraction of sp³-hybridized carbons (Fsp3) is 0.367. The summed E-state index contributed by atoms with van der Waals surface area (Å²) >= 11 is 0. The molecule has 1 aromatic heterocycles. The van der Waals surface area contributed by atoms with Crippen molar-refractivity contribution >= 4 is 22.8 Å². The van der Waals surface area contributed by atoms with Gasteiger partial charge >= 0.3 is 0 Å². The largest absolute Gasteiger partial charge is 0.246 e. The molecule has 0 spiro atoms. The quantitative estimate of drug-likeness (QED) is 0.120. The van der Waals surface area contributed by atoms with Gasteiger partial charge in [-0.3, -0.25) is 0 Å². The first-order valence-corrected chi connectivity index (χ1v) is 19.4. The van der Waals surface area contributed by atoms with Crippen LogP contribution in [0.4, 0.5) is 11.4 Å². The van der Waals surface area contributed by atoms with Crippen LogP contribution in [0.5, 0.6) is 0 Å². The number of hydrogen-bond donors (Lipinski definition) is 0. The highest BCUT2D eigenvalue weighted by molar-refractivity contribution is 6.16. The van der Waals surface area contributed by atoms with Gasteiger partial charge in [-0.1, -0.05) is 174 Å². The van der Waals surface area contributed by atoms with E-state index in [-0.39, 0.29) is 0 Å². The summed E-state index contributed by atoms with van der Waals surface area (Å²) in [6.07, 6.45) is 0. The minimum atomic E-state index is 0.315. The lowest BCUT2D eigenvalue weighted by Gasteiger charge is -2.22. The molecule has 0 saturated carbocycles. The van der Waals surface area contributed by atoms with Crippen LogP contribution in [-0.2, 0) is 0 Å². The lowest BCUT2D eigenvalue weighted by atomic mass is 9.87. The molecule has 0 fully saturated rings. The number of rotatable bonds is 12. The molecule has 5 rings (SSSR count). The van der Waals surface area contributed by atoms with Gasteiger partial charge in [-0.05, 0) is 81.0 Å². The van der Waals surface area contributed by atoms with E-state index in [1.807, 2.05) is 0 Å². The number of pyridine rings is 1. The third-order valence-electron chi connectivity index (χ3n) is 9.98. The molecular weight excluding hydrogens is 631 g/mol. The second-order valence-electron chi connectivity index (χ2n) is 16.1. The summed E-state index contributed by atoms with van der Waals surface area (Å²) in [5.41, 5.74) is 15.4. The first kappa shape index (κ1) is 38.6. The Morgan fingerprint density at radius 3 is 0.962 bits per heavy atom. The Balaban J connectivity index is 1.82. The van der Waals surface area contributed by atoms with Gasteiger partial charge in [0.25, 0.3) is 0 Å². The minimum Gasteiger partial charge on any atom is -0.246 e. The van der Waals surface area contributed by atoms with Crippen LogP contribution in [0.25, 0.3) is 0 Å². The molecule has 0 radical (unpaired) electrons. The normalized spacial score (nSPS) is 12.7. The smallest absolute Gasteiger partial charge is 0.0966 e. The number of benzene rings is 4. The van der Waals surface area contributed by atoms with Crippen LogP contribution in [0.15, 0.2) is 113 Å². The van der Waals surface area contributed by atoms with E-state index in [2.05, 4.69) is 186 Å². The van der Waals surface area contributed by atoms with E-state index in [0.29, 0.717) is 35.5 Å². The molecule has 270 valence electrons. The van der Waals surface area contributed by atoms with Crippen molar-refractivity contribution in [3.8, 4) is 0 Å².